The van der Waals surface area contributed by atoms with E-state index in [1.807, 2.05) is 23.5 Å². The van der Waals surface area contributed by atoms with E-state index in [1.54, 1.807) is 10.4 Å². The van der Waals surface area contributed by atoms with Crippen molar-refractivity contribution in [2.45, 2.75) is 50.7 Å². The quantitative estimate of drug-likeness (QED) is 0.181. The first-order chi connectivity index (χ1) is 25.3. The highest BCUT2D eigenvalue weighted by molar-refractivity contribution is 7.19. The van der Waals surface area contributed by atoms with Crippen molar-refractivity contribution < 1.29 is 0 Å². The summed E-state index contributed by atoms with van der Waals surface area (Å²) in [6.07, 6.45) is 11.2. The van der Waals surface area contributed by atoms with Gasteiger partial charge in [0.05, 0.1) is 5.52 Å². The molecule has 7 aromatic rings. The molecule has 1 aliphatic heterocycles. The van der Waals surface area contributed by atoms with E-state index in [9.17, 15) is 0 Å². The van der Waals surface area contributed by atoms with Gasteiger partial charge in [0, 0.05) is 49.0 Å². The smallest absolute Gasteiger partial charge is 0.169 e. The van der Waals surface area contributed by atoms with Gasteiger partial charge < -0.3 is 9.88 Å². The third-order valence-electron chi connectivity index (χ3n) is 10.9. The van der Waals surface area contributed by atoms with Crippen molar-refractivity contribution in [3.63, 3.8) is 0 Å². The first kappa shape index (κ1) is 30.3. The van der Waals surface area contributed by atoms with Gasteiger partial charge in [-0.3, -0.25) is 0 Å². The summed E-state index contributed by atoms with van der Waals surface area (Å²) < 4.78 is 4.12. The van der Waals surface area contributed by atoms with Gasteiger partial charge >= 0.3 is 0 Å². The van der Waals surface area contributed by atoms with Crippen LogP contribution in [0.15, 0.2) is 143 Å². The molecule has 3 heterocycles. The lowest BCUT2D eigenvalue weighted by atomic mass is 9.99. The highest BCUT2D eigenvalue weighted by Gasteiger charge is 2.28. The van der Waals surface area contributed by atoms with Crippen LogP contribution in [0.5, 0.6) is 0 Å². The number of aliphatic imine (C=N–C) groups is 2. The van der Waals surface area contributed by atoms with Gasteiger partial charge in [-0.25, -0.2) is 9.98 Å². The predicted molar refractivity (Wildman–Crippen MR) is 214 cm³/mol. The van der Waals surface area contributed by atoms with Crippen molar-refractivity contribution in [3.05, 3.63) is 172 Å². The minimum absolute atomic E-state index is 0.293. The van der Waals surface area contributed by atoms with Gasteiger partial charge in [-0.2, -0.15) is 0 Å². The standard InChI is InChI=1S/C46H38N4S/c1-4-13-30(14-5-1)35-20-12-21-39-36-19-10-11-22-40(36)50(43(35)39)34-24-27-37-38-26-23-33(29-42(38)51-41(37)28-25-34)46-48-44(31-15-6-2-7-16-31)47-45(49-46)32-17-8-3-9-18-32/h1-10,12-21,23,26,29,34,44H,11,22,24-25,27-28H2,(H,47,48,49). The summed E-state index contributed by atoms with van der Waals surface area (Å²) in [7, 11) is 0. The van der Waals surface area contributed by atoms with E-state index in [-0.39, 0.29) is 6.17 Å². The Morgan fingerprint density at radius 3 is 2.18 bits per heavy atom. The fourth-order valence-electron chi connectivity index (χ4n) is 8.51. The van der Waals surface area contributed by atoms with Crippen molar-refractivity contribution >= 4 is 50.1 Å². The monoisotopic (exact) mass is 678 g/mol. The summed E-state index contributed by atoms with van der Waals surface area (Å²) in [6.45, 7) is 0. The molecule has 248 valence electrons. The number of benzene rings is 5. The van der Waals surface area contributed by atoms with Crippen molar-refractivity contribution in [1.82, 2.24) is 9.88 Å². The number of para-hydroxylation sites is 1. The molecule has 51 heavy (non-hydrogen) atoms. The molecule has 2 unspecified atom stereocenters. The number of amidine groups is 2. The fourth-order valence-corrected chi connectivity index (χ4v) is 9.81. The molecule has 0 fully saturated rings. The number of aromatic nitrogens is 1. The molecule has 3 aliphatic rings. The van der Waals surface area contributed by atoms with E-state index in [0.29, 0.717) is 6.04 Å². The van der Waals surface area contributed by atoms with Gasteiger partial charge in [-0.1, -0.05) is 133 Å². The second-order valence-corrected chi connectivity index (χ2v) is 15.1. The average molecular weight is 679 g/mol. The number of rotatable bonds is 5. The van der Waals surface area contributed by atoms with Crippen LogP contribution in [-0.4, -0.2) is 16.2 Å². The molecule has 5 heteroatoms. The molecule has 4 nitrogen and oxygen atoms in total. The molecule has 0 spiro atoms. The van der Waals surface area contributed by atoms with Crippen LogP contribution in [-0.2, 0) is 19.3 Å². The molecule has 0 saturated heterocycles. The van der Waals surface area contributed by atoms with Gasteiger partial charge in [0.15, 0.2) is 6.17 Å². The summed E-state index contributed by atoms with van der Waals surface area (Å²) in [6, 6.07) is 46.1. The zero-order valence-corrected chi connectivity index (χ0v) is 29.2. The number of hydrogen-bond acceptors (Lipinski definition) is 4. The van der Waals surface area contributed by atoms with Gasteiger partial charge in [0.2, 0.25) is 0 Å². The topological polar surface area (TPSA) is 41.7 Å². The Hall–Kier alpha value is -5.52. The molecule has 2 aliphatic carbocycles. The highest BCUT2D eigenvalue weighted by Crippen LogP contribution is 2.44. The van der Waals surface area contributed by atoms with E-state index in [2.05, 4.69) is 137 Å². The first-order valence-corrected chi connectivity index (χ1v) is 19.1. The third kappa shape index (κ3) is 5.35. The molecule has 2 aromatic heterocycles. The average Bonchev–Trinajstić information content (AvgIpc) is 3.65. The van der Waals surface area contributed by atoms with Crippen LogP contribution >= 0.6 is 11.3 Å². The van der Waals surface area contributed by atoms with Gasteiger partial charge in [0.25, 0.3) is 0 Å². The van der Waals surface area contributed by atoms with Crippen LogP contribution < -0.4 is 5.32 Å². The highest BCUT2D eigenvalue weighted by atomic mass is 32.1. The van der Waals surface area contributed by atoms with Gasteiger partial charge in [-0.05, 0) is 66.7 Å². The Balaban J connectivity index is 0.991. The minimum atomic E-state index is -0.293. The molecular formula is C46H38N4S. The maximum Gasteiger partial charge on any atom is 0.169 e. The fraction of sp³-hybridized carbons (Fsp3) is 0.174. The van der Waals surface area contributed by atoms with Crippen molar-refractivity contribution in [2.75, 3.05) is 0 Å². The molecule has 0 saturated carbocycles. The molecule has 1 N–H and O–H groups in total. The molecule has 2 atom stereocenters. The Morgan fingerprint density at radius 1 is 0.647 bits per heavy atom. The number of aryl methyl sites for hydroxylation is 2. The summed E-state index contributed by atoms with van der Waals surface area (Å²) in [5.41, 5.74) is 11.8. The van der Waals surface area contributed by atoms with Crippen LogP contribution in [0.4, 0.5) is 0 Å². The molecule has 0 bridgehead atoms. The molecule has 5 aromatic carbocycles. The lowest BCUT2D eigenvalue weighted by Gasteiger charge is -2.24. The normalized spacial score (nSPS) is 18.4. The van der Waals surface area contributed by atoms with E-state index < -0.39 is 0 Å². The van der Waals surface area contributed by atoms with E-state index in [4.69, 9.17) is 9.98 Å². The van der Waals surface area contributed by atoms with Crippen molar-refractivity contribution in [3.8, 4) is 11.1 Å². The Labute approximate surface area is 302 Å². The summed E-state index contributed by atoms with van der Waals surface area (Å²) in [5, 5.41) is 6.40. The summed E-state index contributed by atoms with van der Waals surface area (Å²) in [5.74, 6) is 1.73. The Bertz CT molecular complexity index is 2500. The van der Waals surface area contributed by atoms with Crippen LogP contribution in [0.3, 0.4) is 0 Å². The predicted octanol–water partition coefficient (Wildman–Crippen LogP) is 11.1. The van der Waals surface area contributed by atoms with Crippen LogP contribution in [0.1, 0.15) is 69.9 Å². The van der Waals surface area contributed by atoms with Crippen LogP contribution in [0.25, 0.3) is 38.2 Å². The largest absolute Gasteiger partial charge is 0.340 e. The van der Waals surface area contributed by atoms with Crippen molar-refractivity contribution in [1.29, 1.82) is 0 Å². The maximum atomic E-state index is 5.14. The maximum absolute atomic E-state index is 5.14. The number of fused-ring (bicyclic) bond motifs is 6. The molecule has 0 radical (unpaired) electrons. The first-order valence-electron chi connectivity index (χ1n) is 18.2. The number of nitrogens with one attached hydrogen (secondary N) is 1. The van der Waals surface area contributed by atoms with Crippen LogP contribution in [0, 0.1) is 0 Å². The van der Waals surface area contributed by atoms with Crippen molar-refractivity contribution in [2.24, 2.45) is 9.98 Å². The number of thiophene rings is 1. The SMILES string of the molecule is C1=Cc2c(n(C3CCc4sc5cc(C6=NC(c7ccccc7)N=C(c7ccccc7)N6)ccc5c4CC3)c3c(-c4ccccc4)cccc23)CC1. The van der Waals surface area contributed by atoms with Crippen LogP contribution in [0.2, 0.25) is 0 Å². The molecule has 10 rings (SSSR count). The minimum Gasteiger partial charge on any atom is -0.340 e. The number of hydrogen-bond donors (Lipinski definition) is 1. The zero-order chi connectivity index (χ0) is 33.7. The summed E-state index contributed by atoms with van der Waals surface area (Å²) in [4.78, 5) is 11.7. The van der Waals surface area contributed by atoms with E-state index >= 15 is 0 Å². The summed E-state index contributed by atoms with van der Waals surface area (Å²) >= 11 is 1.98. The second kappa shape index (κ2) is 12.7. The number of allylic oxidation sites excluding steroid dienone is 1. The molecular weight excluding hydrogens is 641 g/mol. The Kier molecular flexibility index (Phi) is 7.53. The third-order valence-corrected chi connectivity index (χ3v) is 12.2. The second-order valence-electron chi connectivity index (χ2n) is 13.9. The molecule has 0 amide bonds. The van der Waals surface area contributed by atoms with E-state index in [1.165, 1.54) is 43.4 Å². The zero-order valence-electron chi connectivity index (χ0n) is 28.4. The Morgan fingerprint density at radius 2 is 1.37 bits per heavy atom. The number of nitrogens with zero attached hydrogens (tertiary/aromatic N) is 3. The van der Waals surface area contributed by atoms with Gasteiger partial charge in [-0.15, -0.1) is 11.3 Å². The lowest BCUT2D eigenvalue weighted by molar-refractivity contribution is 0.448. The van der Waals surface area contributed by atoms with Gasteiger partial charge in [0.1, 0.15) is 11.7 Å². The lowest BCUT2D eigenvalue weighted by Crippen LogP contribution is -2.36. The van der Waals surface area contributed by atoms with E-state index in [0.717, 1.165) is 66.9 Å².